The van der Waals surface area contributed by atoms with E-state index in [0.29, 0.717) is 11.3 Å². The summed E-state index contributed by atoms with van der Waals surface area (Å²) in [7, 11) is 2.79. The fourth-order valence-corrected chi connectivity index (χ4v) is 8.63. The number of aromatic hydroxyl groups is 1. The predicted molar refractivity (Wildman–Crippen MR) is 176 cm³/mol. The summed E-state index contributed by atoms with van der Waals surface area (Å²) < 4.78 is 14.9. The van der Waals surface area contributed by atoms with Crippen molar-refractivity contribution in [1.29, 1.82) is 0 Å². The van der Waals surface area contributed by atoms with Gasteiger partial charge in [0.25, 0.3) is 0 Å². The zero-order valence-electron chi connectivity index (χ0n) is 27.0. The summed E-state index contributed by atoms with van der Waals surface area (Å²) in [6, 6.07) is 13.9. The lowest BCUT2D eigenvalue weighted by Crippen LogP contribution is -2.48. The number of phenols is 1. The normalized spacial score (nSPS) is 27.1. The molecule has 14 nitrogen and oxygen atoms in total. The smallest absolute Gasteiger partial charge is 0.301 e. The predicted octanol–water partition coefficient (Wildman–Crippen LogP) is 4.85. The van der Waals surface area contributed by atoms with Gasteiger partial charge in [-0.1, -0.05) is 35.9 Å². The quantitative estimate of drug-likeness (QED) is 0.163. The average molecular weight is 684 g/mol. The molecular formula is C35H30FN5O9. The number of hydrogen-bond acceptors (Lipinski definition) is 10. The third kappa shape index (κ3) is 4.45. The van der Waals surface area contributed by atoms with Gasteiger partial charge < -0.3 is 10.0 Å². The van der Waals surface area contributed by atoms with Crippen LogP contribution in [0.5, 0.6) is 5.75 Å². The minimum absolute atomic E-state index is 0.0127. The molecule has 1 N–H and O–H groups in total. The topological polar surface area (TPSA) is 185 Å². The number of nitro groups is 2. The number of allylic oxidation sites excluding steroid dienone is 2. The van der Waals surface area contributed by atoms with E-state index in [1.165, 1.54) is 25.1 Å². The third-order valence-electron chi connectivity index (χ3n) is 10.7. The van der Waals surface area contributed by atoms with Crippen LogP contribution >= 0.6 is 0 Å². The Morgan fingerprint density at radius 1 is 0.860 bits per heavy atom. The van der Waals surface area contributed by atoms with Crippen molar-refractivity contribution in [2.75, 3.05) is 28.8 Å². The molecule has 50 heavy (non-hydrogen) atoms. The van der Waals surface area contributed by atoms with Crippen molar-refractivity contribution >= 4 is 52.1 Å². The zero-order valence-corrected chi connectivity index (χ0v) is 27.0. The van der Waals surface area contributed by atoms with Gasteiger partial charge >= 0.3 is 11.4 Å². The summed E-state index contributed by atoms with van der Waals surface area (Å²) in [5.74, 6) is -8.86. The van der Waals surface area contributed by atoms with Crippen molar-refractivity contribution in [1.82, 2.24) is 0 Å². The maximum Gasteiger partial charge on any atom is 0.301 e. The van der Waals surface area contributed by atoms with Gasteiger partial charge in [-0.15, -0.1) is 0 Å². The average Bonchev–Trinajstić information content (AvgIpc) is 3.45. The first kappa shape index (κ1) is 32.6. The molecule has 256 valence electrons. The van der Waals surface area contributed by atoms with Gasteiger partial charge in [0.15, 0.2) is 17.3 Å². The van der Waals surface area contributed by atoms with Crippen molar-refractivity contribution in [3.8, 4) is 5.75 Å². The van der Waals surface area contributed by atoms with E-state index in [2.05, 4.69) is 0 Å². The number of hydrogen-bond donors (Lipinski definition) is 1. The Bertz CT molecular complexity index is 2050. The summed E-state index contributed by atoms with van der Waals surface area (Å²) in [5, 5.41) is 34.1. The maximum absolute atomic E-state index is 14.9. The van der Waals surface area contributed by atoms with Crippen LogP contribution in [-0.4, -0.2) is 52.7 Å². The largest absolute Gasteiger partial charge is 0.505 e. The van der Waals surface area contributed by atoms with Crippen molar-refractivity contribution < 1.29 is 38.5 Å². The fourth-order valence-electron chi connectivity index (χ4n) is 8.63. The first-order valence-corrected chi connectivity index (χ1v) is 15.8. The highest BCUT2D eigenvalue weighted by molar-refractivity contribution is 6.25. The molecule has 3 aromatic rings. The second kappa shape index (κ2) is 11.3. The van der Waals surface area contributed by atoms with Crippen molar-refractivity contribution in [3.63, 3.8) is 0 Å². The number of amides is 4. The van der Waals surface area contributed by atoms with Gasteiger partial charge in [-0.05, 0) is 55.5 Å². The van der Waals surface area contributed by atoms with Gasteiger partial charge in [-0.2, -0.15) is 0 Å². The molecule has 1 saturated carbocycles. The molecule has 2 saturated heterocycles. The first-order chi connectivity index (χ1) is 23.7. The lowest BCUT2D eigenvalue weighted by atomic mass is 9.51. The van der Waals surface area contributed by atoms with Crippen molar-refractivity contribution in [3.05, 3.63) is 104 Å². The SMILES string of the molecule is CN(C)c1c([N+](=O)[O-])cc(N2C(=O)C3CC=C4C(CC5C(=O)N(c6ccccc6)C(=O)C5(C)C4c4ccc(O)c(F)c4)C3C2=O)cc1[N+](=O)[O-]. The van der Waals surface area contributed by atoms with Crippen LogP contribution in [0.3, 0.4) is 0 Å². The Morgan fingerprint density at radius 3 is 2.08 bits per heavy atom. The number of phenolic OH excluding ortho intramolecular Hbond substituents is 1. The van der Waals surface area contributed by atoms with Crippen LogP contribution in [0.2, 0.25) is 0 Å². The molecule has 6 unspecified atom stereocenters. The molecule has 7 rings (SSSR count). The standard InChI is InChI=1S/C35H30FN5O9/c1-35-23(32(44)39(34(35)46)18-7-5-4-6-8-18)16-22-20(29(35)17-9-12-27(42)24(36)13-17)10-11-21-28(22)33(45)38(31(21)43)19-14-25(40(47)48)30(37(2)3)26(15-19)41(49)50/h4-10,12-15,21-23,28-29,42H,11,16H2,1-3H3. The molecule has 3 aromatic carbocycles. The van der Waals surface area contributed by atoms with E-state index >= 15 is 0 Å². The van der Waals surface area contributed by atoms with Gasteiger partial charge in [-0.3, -0.25) is 39.4 Å². The molecule has 2 heterocycles. The summed E-state index contributed by atoms with van der Waals surface area (Å²) >= 11 is 0. The summed E-state index contributed by atoms with van der Waals surface area (Å²) in [5.41, 5.74) is -2.26. The number of anilines is 3. The molecule has 0 aromatic heterocycles. The molecule has 6 atom stereocenters. The number of para-hydroxylation sites is 1. The first-order valence-electron chi connectivity index (χ1n) is 15.8. The number of carbonyl (C=O) groups is 4. The molecular weight excluding hydrogens is 653 g/mol. The van der Waals surface area contributed by atoms with E-state index in [4.69, 9.17) is 0 Å². The number of nitrogens with zero attached hydrogens (tertiary/aromatic N) is 5. The monoisotopic (exact) mass is 683 g/mol. The Labute approximate surface area is 283 Å². The van der Waals surface area contributed by atoms with E-state index in [-0.39, 0.29) is 29.8 Å². The molecule has 4 aliphatic rings. The Kier molecular flexibility index (Phi) is 7.35. The summed E-state index contributed by atoms with van der Waals surface area (Å²) in [6.45, 7) is 1.64. The van der Waals surface area contributed by atoms with E-state index in [9.17, 15) is 48.9 Å². The third-order valence-corrected chi connectivity index (χ3v) is 10.7. The highest BCUT2D eigenvalue weighted by Crippen LogP contribution is 2.64. The summed E-state index contributed by atoms with van der Waals surface area (Å²) in [6.07, 6.45) is 1.74. The van der Waals surface area contributed by atoms with E-state index in [0.717, 1.165) is 34.1 Å². The van der Waals surface area contributed by atoms with Crippen LogP contribution in [0, 0.1) is 55.1 Å². The number of benzene rings is 3. The molecule has 0 radical (unpaired) electrons. The minimum Gasteiger partial charge on any atom is -0.505 e. The Morgan fingerprint density at radius 2 is 1.50 bits per heavy atom. The number of carbonyl (C=O) groups excluding carboxylic acids is 4. The lowest BCUT2D eigenvalue weighted by Gasteiger charge is -2.49. The van der Waals surface area contributed by atoms with Gasteiger partial charge in [0.2, 0.25) is 23.6 Å². The molecule has 15 heteroatoms. The number of rotatable bonds is 6. The van der Waals surface area contributed by atoms with Crippen LogP contribution in [0.1, 0.15) is 31.2 Å². The number of imide groups is 2. The van der Waals surface area contributed by atoms with Crippen LogP contribution in [0.25, 0.3) is 0 Å². The van der Waals surface area contributed by atoms with Gasteiger partial charge in [0.05, 0.1) is 44.4 Å². The number of fused-ring (bicyclic) bond motifs is 4. The molecule has 0 bridgehead atoms. The molecule has 3 fully saturated rings. The van der Waals surface area contributed by atoms with E-state index in [1.54, 1.807) is 43.3 Å². The van der Waals surface area contributed by atoms with E-state index in [1.807, 2.05) is 0 Å². The fraction of sp³-hybridized carbons (Fsp3) is 0.314. The summed E-state index contributed by atoms with van der Waals surface area (Å²) in [4.78, 5) is 82.5. The van der Waals surface area contributed by atoms with E-state index < -0.39 is 91.4 Å². The molecule has 0 spiro atoms. The van der Waals surface area contributed by atoms with Gasteiger partial charge in [0.1, 0.15) is 0 Å². The second-order valence-electron chi connectivity index (χ2n) is 13.5. The number of nitro benzene ring substituents is 2. The number of halogens is 1. The van der Waals surface area contributed by atoms with Crippen molar-refractivity contribution in [2.45, 2.75) is 25.7 Å². The lowest BCUT2D eigenvalue weighted by molar-refractivity contribution is -0.392. The highest BCUT2D eigenvalue weighted by Gasteiger charge is 2.67. The van der Waals surface area contributed by atoms with Crippen LogP contribution in [-0.2, 0) is 19.2 Å². The Balaban J connectivity index is 1.36. The van der Waals surface area contributed by atoms with Crippen LogP contribution < -0.4 is 14.7 Å². The minimum atomic E-state index is -1.44. The van der Waals surface area contributed by atoms with Gasteiger partial charge in [-0.25, -0.2) is 14.2 Å². The van der Waals surface area contributed by atoms with Crippen LogP contribution in [0.15, 0.2) is 72.3 Å². The van der Waals surface area contributed by atoms with Crippen molar-refractivity contribution in [2.24, 2.45) is 29.1 Å². The highest BCUT2D eigenvalue weighted by atomic mass is 19.1. The molecule has 2 aliphatic heterocycles. The molecule has 2 aliphatic carbocycles. The second-order valence-corrected chi connectivity index (χ2v) is 13.5. The Hall–Kier alpha value is -5.99. The van der Waals surface area contributed by atoms with Crippen LogP contribution in [0.4, 0.5) is 32.8 Å². The zero-order chi connectivity index (χ0) is 36.0. The van der Waals surface area contributed by atoms with Gasteiger partial charge in [0, 0.05) is 32.1 Å². The molecule has 4 amide bonds. The maximum atomic E-state index is 14.9.